The quantitative estimate of drug-likeness (QED) is 0.902. The van der Waals surface area contributed by atoms with Gasteiger partial charge in [0.05, 0.1) is 6.10 Å². The van der Waals surface area contributed by atoms with Crippen LogP contribution in [0.5, 0.6) is 0 Å². The molecule has 0 spiro atoms. The van der Waals surface area contributed by atoms with Gasteiger partial charge in [-0.15, -0.1) is 0 Å². The van der Waals surface area contributed by atoms with Gasteiger partial charge >= 0.3 is 0 Å². The van der Waals surface area contributed by atoms with Gasteiger partial charge in [-0.05, 0) is 30.9 Å². The lowest BCUT2D eigenvalue weighted by Crippen LogP contribution is -2.14. The van der Waals surface area contributed by atoms with Crippen molar-refractivity contribution in [3.63, 3.8) is 0 Å². The summed E-state index contributed by atoms with van der Waals surface area (Å²) in [5.41, 5.74) is 0.800. The fraction of sp³-hybridized carbons (Fsp3) is 0.267. The van der Waals surface area contributed by atoms with Gasteiger partial charge in [0.25, 0.3) is 0 Å². The van der Waals surface area contributed by atoms with E-state index in [-0.39, 0.29) is 5.91 Å². The monoisotopic (exact) mass is 321 g/mol. The third-order valence-electron chi connectivity index (χ3n) is 2.93. The lowest BCUT2D eigenvalue weighted by molar-refractivity contribution is -0.116. The van der Waals surface area contributed by atoms with Crippen LogP contribution in [-0.4, -0.2) is 17.1 Å². The maximum Gasteiger partial charge on any atom is 0.224 e. The van der Waals surface area contributed by atoms with Crippen molar-refractivity contribution < 1.29 is 9.90 Å². The van der Waals surface area contributed by atoms with E-state index in [4.69, 9.17) is 0 Å². The van der Waals surface area contributed by atoms with Crippen LogP contribution in [0.4, 0.5) is 5.69 Å². The average Bonchev–Trinajstić information content (AvgIpc) is 2.40. The zero-order valence-electron chi connectivity index (χ0n) is 10.7. The second-order valence-corrected chi connectivity index (χ2v) is 5.43. The van der Waals surface area contributed by atoms with Gasteiger partial charge in [-0.25, -0.2) is 0 Å². The predicted octanol–water partition coefficient (Wildman–Crippen LogP) is 3.70. The molecule has 1 unspecified atom stereocenters. The molecule has 4 heteroatoms. The third kappa shape index (κ3) is 3.55. The van der Waals surface area contributed by atoms with Crippen molar-refractivity contribution in [2.24, 2.45) is 0 Å². The van der Waals surface area contributed by atoms with Gasteiger partial charge in [0.15, 0.2) is 0 Å². The van der Waals surface area contributed by atoms with Crippen molar-refractivity contribution in [1.82, 2.24) is 0 Å². The minimum Gasteiger partial charge on any atom is -0.393 e. The Hall–Kier alpha value is -1.39. The molecule has 0 saturated carbocycles. The van der Waals surface area contributed by atoms with E-state index in [1.54, 1.807) is 6.92 Å². The van der Waals surface area contributed by atoms with E-state index in [0.29, 0.717) is 12.8 Å². The van der Waals surface area contributed by atoms with E-state index in [1.165, 1.54) is 0 Å². The topological polar surface area (TPSA) is 49.3 Å². The molecule has 1 amide bonds. The number of benzene rings is 2. The molecule has 0 aromatic heterocycles. The molecule has 2 rings (SSSR count). The first-order valence-corrected chi connectivity index (χ1v) is 7.02. The van der Waals surface area contributed by atoms with Crippen molar-refractivity contribution in [3.05, 3.63) is 40.9 Å². The number of carbonyl (C=O) groups excluding carboxylic acids is 1. The molecule has 0 fully saturated rings. The lowest BCUT2D eigenvalue weighted by atomic mass is 10.1. The zero-order chi connectivity index (χ0) is 13.8. The molecule has 0 heterocycles. The number of amides is 1. The van der Waals surface area contributed by atoms with Crippen molar-refractivity contribution in [2.75, 3.05) is 5.32 Å². The largest absolute Gasteiger partial charge is 0.393 e. The van der Waals surface area contributed by atoms with Gasteiger partial charge in [0.1, 0.15) is 0 Å². The Morgan fingerprint density at radius 1 is 1.26 bits per heavy atom. The summed E-state index contributed by atoms with van der Waals surface area (Å²) in [4.78, 5) is 11.8. The molecule has 1 atom stereocenters. The van der Waals surface area contributed by atoms with Crippen LogP contribution in [0.2, 0.25) is 0 Å². The van der Waals surface area contributed by atoms with E-state index in [1.807, 2.05) is 36.4 Å². The Labute approximate surface area is 120 Å². The summed E-state index contributed by atoms with van der Waals surface area (Å²) in [7, 11) is 0. The number of carbonyl (C=O) groups is 1. The molecule has 0 saturated heterocycles. The van der Waals surface area contributed by atoms with Gasteiger partial charge in [-0.2, -0.15) is 0 Å². The van der Waals surface area contributed by atoms with Gasteiger partial charge < -0.3 is 10.4 Å². The van der Waals surface area contributed by atoms with E-state index in [9.17, 15) is 9.90 Å². The highest BCUT2D eigenvalue weighted by molar-refractivity contribution is 9.10. The highest BCUT2D eigenvalue weighted by atomic mass is 79.9. The molecule has 0 aliphatic carbocycles. The highest BCUT2D eigenvalue weighted by Crippen LogP contribution is 2.30. The van der Waals surface area contributed by atoms with Crippen LogP contribution in [0.25, 0.3) is 10.8 Å². The summed E-state index contributed by atoms with van der Waals surface area (Å²) < 4.78 is 1.00. The Morgan fingerprint density at radius 2 is 1.95 bits per heavy atom. The number of hydrogen-bond acceptors (Lipinski definition) is 2. The van der Waals surface area contributed by atoms with Crippen LogP contribution in [0, 0.1) is 0 Å². The first kappa shape index (κ1) is 14.0. The van der Waals surface area contributed by atoms with Crippen LogP contribution in [0.15, 0.2) is 40.9 Å². The summed E-state index contributed by atoms with van der Waals surface area (Å²) in [6.07, 6.45) is 0.343. The molecule has 0 bridgehead atoms. The number of anilines is 1. The molecule has 3 nitrogen and oxygen atoms in total. The first-order chi connectivity index (χ1) is 9.08. The van der Waals surface area contributed by atoms with Gasteiger partial charge in [0, 0.05) is 22.0 Å². The Balaban J connectivity index is 2.21. The highest BCUT2D eigenvalue weighted by Gasteiger charge is 2.08. The molecule has 2 N–H and O–H groups in total. The number of halogens is 1. The molecule has 0 radical (unpaired) electrons. The van der Waals surface area contributed by atoms with Crippen molar-refractivity contribution in [2.45, 2.75) is 25.9 Å². The Kier molecular flexibility index (Phi) is 4.56. The number of aliphatic hydroxyl groups is 1. The summed E-state index contributed by atoms with van der Waals surface area (Å²) in [5, 5.41) is 14.2. The fourth-order valence-corrected chi connectivity index (χ4v) is 2.40. The van der Waals surface area contributed by atoms with Crippen molar-refractivity contribution >= 4 is 38.3 Å². The normalized spacial score (nSPS) is 12.4. The molecule has 2 aromatic carbocycles. The number of fused-ring (bicyclic) bond motifs is 1. The molecule has 2 aromatic rings. The number of aliphatic hydroxyl groups excluding tert-OH is 1. The third-order valence-corrected chi connectivity index (χ3v) is 3.63. The van der Waals surface area contributed by atoms with Crippen LogP contribution < -0.4 is 5.32 Å². The van der Waals surface area contributed by atoms with E-state index in [2.05, 4.69) is 21.2 Å². The molecule has 19 heavy (non-hydrogen) atoms. The Bertz CT molecular complexity index is 596. The van der Waals surface area contributed by atoms with Crippen molar-refractivity contribution in [1.29, 1.82) is 0 Å². The van der Waals surface area contributed by atoms with E-state index < -0.39 is 6.10 Å². The minimum atomic E-state index is -0.451. The average molecular weight is 322 g/mol. The second-order valence-electron chi connectivity index (χ2n) is 4.58. The SMILES string of the molecule is CC(O)CCC(=O)Nc1ccc(Br)c2ccccc12. The molecular formula is C15H16BrNO2. The van der Waals surface area contributed by atoms with E-state index in [0.717, 1.165) is 20.9 Å². The van der Waals surface area contributed by atoms with Gasteiger partial charge in [-0.3, -0.25) is 4.79 Å². The van der Waals surface area contributed by atoms with Gasteiger partial charge in [0.2, 0.25) is 5.91 Å². The van der Waals surface area contributed by atoms with Gasteiger partial charge in [-0.1, -0.05) is 40.2 Å². The predicted molar refractivity (Wildman–Crippen MR) is 81.2 cm³/mol. The molecular weight excluding hydrogens is 306 g/mol. The van der Waals surface area contributed by atoms with E-state index >= 15 is 0 Å². The zero-order valence-corrected chi connectivity index (χ0v) is 12.3. The molecule has 0 aliphatic rings. The summed E-state index contributed by atoms with van der Waals surface area (Å²) >= 11 is 3.50. The number of rotatable bonds is 4. The number of hydrogen-bond donors (Lipinski definition) is 2. The summed E-state index contributed by atoms with van der Waals surface area (Å²) in [5.74, 6) is -0.0756. The minimum absolute atomic E-state index is 0.0756. The lowest BCUT2D eigenvalue weighted by Gasteiger charge is -2.10. The second kappa shape index (κ2) is 6.17. The van der Waals surface area contributed by atoms with Crippen LogP contribution in [0.3, 0.4) is 0 Å². The fourth-order valence-electron chi connectivity index (χ4n) is 1.92. The van der Waals surface area contributed by atoms with Crippen LogP contribution >= 0.6 is 15.9 Å². The molecule has 100 valence electrons. The van der Waals surface area contributed by atoms with Crippen molar-refractivity contribution in [3.8, 4) is 0 Å². The summed E-state index contributed by atoms with van der Waals surface area (Å²) in [6.45, 7) is 1.68. The molecule has 0 aliphatic heterocycles. The van der Waals surface area contributed by atoms with Crippen LogP contribution in [0.1, 0.15) is 19.8 Å². The first-order valence-electron chi connectivity index (χ1n) is 6.23. The maximum atomic E-state index is 11.8. The smallest absolute Gasteiger partial charge is 0.224 e. The number of nitrogens with one attached hydrogen (secondary N) is 1. The summed E-state index contributed by atoms with van der Waals surface area (Å²) in [6, 6.07) is 11.7. The Morgan fingerprint density at radius 3 is 2.63 bits per heavy atom. The maximum absolute atomic E-state index is 11.8. The van der Waals surface area contributed by atoms with Crippen LogP contribution in [-0.2, 0) is 4.79 Å². The standard InChI is InChI=1S/C15H16BrNO2/c1-10(18)6-9-15(19)17-14-8-7-13(16)11-4-2-3-5-12(11)14/h2-5,7-8,10,18H,6,9H2,1H3,(H,17,19).